The highest BCUT2D eigenvalue weighted by atomic mass is 35.5. The molecule has 1 aliphatic rings. The van der Waals surface area contributed by atoms with Gasteiger partial charge in [0.2, 0.25) is 14.2 Å². The number of nitrogens with zero attached hydrogens (tertiary/aromatic N) is 1. The fraction of sp³-hybridized carbons (Fsp3) is 0.719. The van der Waals surface area contributed by atoms with Crippen molar-refractivity contribution in [1.82, 2.24) is 4.98 Å². The number of hydrogen-bond donors (Lipinski definition) is 1. The summed E-state index contributed by atoms with van der Waals surface area (Å²) in [6, 6.07) is 0. The first-order valence-electron chi connectivity index (χ1n) is 15.9. The number of allylic oxidation sites excluding steroid dienone is 2. The number of methoxy groups -OCH3 is 2. The van der Waals surface area contributed by atoms with Gasteiger partial charge in [-0.15, -0.1) is 0 Å². The molecule has 0 aliphatic carbocycles. The van der Waals surface area contributed by atoms with Gasteiger partial charge in [-0.05, 0) is 42.3 Å². The van der Waals surface area contributed by atoms with Gasteiger partial charge >= 0.3 is 15.6 Å². The quantitative estimate of drug-likeness (QED) is 0.0689. The first-order valence-corrected chi connectivity index (χ1v) is 19.9. The SMILES string of the molecule is CO[C@@H](C=CC(C)=C[C@@H](O[Si](C(C)C)(C(C)C)C(C)C)[C@H]1C[C@@H](CO)C[C@](Cc2nc(OS(=O)(=O)C(F)(F)F)co2)(OC)O1)CC=CCl. The molecule has 5 atom stereocenters. The van der Waals surface area contributed by atoms with Crippen LogP contribution in [0, 0.1) is 5.92 Å². The number of rotatable bonds is 18. The Labute approximate surface area is 288 Å². The summed E-state index contributed by atoms with van der Waals surface area (Å²) in [6.07, 6.45) is 7.90. The molecule has 0 spiro atoms. The van der Waals surface area contributed by atoms with Gasteiger partial charge in [-0.25, -0.2) is 0 Å². The Morgan fingerprint density at radius 3 is 2.31 bits per heavy atom. The van der Waals surface area contributed by atoms with E-state index in [-0.39, 0.29) is 54.0 Å². The maximum absolute atomic E-state index is 12.9. The second-order valence-electron chi connectivity index (χ2n) is 13.0. The van der Waals surface area contributed by atoms with E-state index >= 15 is 0 Å². The molecule has 0 amide bonds. The molecule has 276 valence electrons. The van der Waals surface area contributed by atoms with E-state index in [0.717, 1.165) is 5.57 Å². The number of aromatic nitrogens is 1. The molecule has 0 unspecified atom stereocenters. The summed E-state index contributed by atoms with van der Waals surface area (Å²) >= 11 is 5.70. The van der Waals surface area contributed by atoms with Crippen LogP contribution in [0.2, 0.25) is 16.6 Å². The normalized spacial score (nSPS) is 23.2. The molecular formula is C32H51ClF3NO9SSi. The largest absolute Gasteiger partial charge is 0.534 e. The van der Waals surface area contributed by atoms with Gasteiger partial charge in [-0.2, -0.15) is 26.6 Å². The summed E-state index contributed by atoms with van der Waals surface area (Å²) in [5.41, 5.74) is -2.59. The van der Waals surface area contributed by atoms with Crippen molar-refractivity contribution in [2.24, 2.45) is 5.92 Å². The Bertz CT molecular complexity index is 1330. The fourth-order valence-corrected chi connectivity index (χ4v) is 12.6. The molecule has 0 bridgehead atoms. The van der Waals surface area contributed by atoms with Crippen molar-refractivity contribution in [3.05, 3.63) is 47.6 Å². The van der Waals surface area contributed by atoms with Crippen molar-refractivity contribution in [2.45, 2.75) is 120 Å². The minimum absolute atomic E-state index is 0.180. The van der Waals surface area contributed by atoms with Crippen LogP contribution in [0.5, 0.6) is 5.88 Å². The number of aliphatic hydroxyl groups excluding tert-OH is 1. The summed E-state index contributed by atoms with van der Waals surface area (Å²) in [6.45, 7) is 14.8. The molecule has 1 fully saturated rings. The van der Waals surface area contributed by atoms with E-state index in [1.54, 1.807) is 13.2 Å². The fourth-order valence-electron chi connectivity index (χ4n) is 6.56. The molecule has 48 heavy (non-hydrogen) atoms. The number of aliphatic hydroxyl groups is 1. The maximum atomic E-state index is 12.9. The molecule has 0 aromatic carbocycles. The zero-order chi connectivity index (χ0) is 36.5. The second kappa shape index (κ2) is 18.0. The Balaban J connectivity index is 2.57. The van der Waals surface area contributed by atoms with Gasteiger partial charge in [0.25, 0.3) is 5.88 Å². The highest BCUT2D eigenvalue weighted by molar-refractivity contribution is 7.87. The predicted octanol–water partition coefficient (Wildman–Crippen LogP) is 7.80. The Morgan fingerprint density at radius 1 is 1.19 bits per heavy atom. The zero-order valence-electron chi connectivity index (χ0n) is 29.1. The average molecular weight is 746 g/mol. The number of halogens is 4. The lowest BCUT2D eigenvalue weighted by Gasteiger charge is -2.49. The molecule has 1 aromatic rings. The van der Waals surface area contributed by atoms with Crippen LogP contribution >= 0.6 is 11.6 Å². The van der Waals surface area contributed by atoms with E-state index in [1.165, 1.54) is 12.6 Å². The highest BCUT2D eigenvalue weighted by Crippen LogP contribution is 2.46. The van der Waals surface area contributed by atoms with Crippen molar-refractivity contribution < 1.29 is 53.9 Å². The molecule has 10 nitrogen and oxygen atoms in total. The van der Waals surface area contributed by atoms with E-state index in [1.807, 2.05) is 25.2 Å². The predicted molar refractivity (Wildman–Crippen MR) is 179 cm³/mol. The molecule has 1 aromatic heterocycles. The van der Waals surface area contributed by atoms with Crippen LogP contribution in [0.1, 0.15) is 73.6 Å². The standard InChI is InChI=1S/C32H51ClF3NO9SSi/c1-21(2)48(22(3)4,23(5)6)46-28(15-24(7)12-13-26(41-8)11-10-14-33)27-16-25(19-38)17-31(42-9,44-27)18-29-37-30(20-43-29)45-47(39,40)32(34,35)36/h10,12-15,20-23,25-28,38H,11,16-19H2,1-9H3/t25-,26-,27-,28-,31+/m1/s1. The molecule has 1 aliphatic heterocycles. The third-order valence-corrected chi connectivity index (χ3v) is 16.0. The van der Waals surface area contributed by atoms with Gasteiger partial charge in [0.05, 0.1) is 24.7 Å². The van der Waals surface area contributed by atoms with Crippen LogP contribution < -0.4 is 4.18 Å². The molecule has 16 heteroatoms. The summed E-state index contributed by atoms with van der Waals surface area (Å²) in [5, 5.41) is 10.4. The maximum Gasteiger partial charge on any atom is 0.534 e. The number of alkyl halides is 3. The molecule has 2 rings (SSSR count). The molecule has 1 N–H and O–H groups in total. The van der Waals surface area contributed by atoms with Crippen molar-refractivity contribution in [3.63, 3.8) is 0 Å². The lowest BCUT2D eigenvalue weighted by Crippen LogP contribution is -2.56. The van der Waals surface area contributed by atoms with Crippen LogP contribution in [0.25, 0.3) is 0 Å². The Hall–Kier alpha value is -1.72. The van der Waals surface area contributed by atoms with Gasteiger partial charge in [-0.1, -0.05) is 83.0 Å². The van der Waals surface area contributed by atoms with Crippen molar-refractivity contribution in [1.29, 1.82) is 0 Å². The van der Waals surface area contributed by atoms with Crippen LogP contribution in [0.15, 0.2) is 46.1 Å². The second-order valence-corrected chi connectivity index (χ2v) is 20.2. The van der Waals surface area contributed by atoms with Gasteiger partial charge in [-0.3, -0.25) is 0 Å². The smallest absolute Gasteiger partial charge is 0.445 e. The van der Waals surface area contributed by atoms with Crippen molar-refractivity contribution in [3.8, 4) is 5.88 Å². The van der Waals surface area contributed by atoms with E-state index in [4.69, 9.17) is 34.7 Å². The van der Waals surface area contributed by atoms with Gasteiger partial charge < -0.3 is 32.3 Å². The summed E-state index contributed by atoms with van der Waals surface area (Å²) in [4.78, 5) is 3.80. The number of hydrogen-bond acceptors (Lipinski definition) is 10. The first kappa shape index (κ1) is 42.4. The van der Waals surface area contributed by atoms with E-state index in [0.29, 0.717) is 19.1 Å². The van der Waals surface area contributed by atoms with Crippen LogP contribution in [0.4, 0.5) is 13.2 Å². The third kappa shape index (κ3) is 10.9. The van der Waals surface area contributed by atoms with Gasteiger partial charge in [0, 0.05) is 32.8 Å². The first-order chi connectivity index (χ1) is 22.3. The minimum atomic E-state index is -5.95. The van der Waals surface area contributed by atoms with E-state index in [2.05, 4.69) is 50.7 Å². The zero-order valence-corrected chi connectivity index (χ0v) is 31.7. The van der Waals surface area contributed by atoms with Crippen LogP contribution in [-0.2, 0) is 35.2 Å². The van der Waals surface area contributed by atoms with E-state index < -0.39 is 47.8 Å². The summed E-state index contributed by atoms with van der Waals surface area (Å²) in [5.74, 6) is -2.83. The molecule has 1 saturated heterocycles. The Morgan fingerprint density at radius 2 is 1.81 bits per heavy atom. The molecule has 2 heterocycles. The third-order valence-electron chi connectivity index (χ3n) is 8.77. The van der Waals surface area contributed by atoms with Gasteiger partial charge in [0.1, 0.15) is 0 Å². The monoisotopic (exact) mass is 745 g/mol. The number of ether oxygens (including phenoxy) is 3. The van der Waals surface area contributed by atoms with Gasteiger partial charge in [0.15, 0.2) is 12.1 Å². The lowest BCUT2D eigenvalue weighted by molar-refractivity contribution is -0.291. The van der Waals surface area contributed by atoms with Crippen molar-refractivity contribution >= 4 is 30.0 Å². The molecular weight excluding hydrogens is 695 g/mol. The van der Waals surface area contributed by atoms with E-state index in [9.17, 15) is 26.7 Å². The van der Waals surface area contributed by atoms with Crippen LogP contribution in [-0.4, -0.2) is 77.3 Å². The number of oxazole rings is 1. The Kier molecular flexibility index (Phi) is 15.9. The van der Waals surface area contributed by atoms with Crippen molar-refractivity contribution in [2.75, 3.05) is 20.8 Å². The molecule has 0 saturated carbocycles. The highest BCUT2D eigenvalue weighted by Gasteiger charge is 2.51. The minimum Gasteiger partial charge on any atom is -0.445 e. The molecule has 0 radical (unpaired) electrons. The topological polar surface area (TPSA) is 127 Å². The van der Waals surface area contributed by atoms with Crippen LogP contribution in [0.3, 0.4) is 0 Å². The summed E-state index contributed by atoms with van der Waals surface area (Å²) < 4.78 is 96.3. The summed E-state index contributed by atoms with van der Waals surface area (Å²) in [7, 11) is -5.44. The average Bonchev–Trinajstić information content (AvgIpc) is 3.43. The lowest BCUT2D eigenvalue weighted by atomic mass is 9.86.